The van der Waals surface area contributed by atoms with E-state index in [1.54, 1.807) is 0 Å². The number of oxazole rings is 1. The van der Waals surface area contributed by atoms with Crippen LogP contribution in [0, 0.1) is 13.8 Å². The van der Waals surface area contributed by atoms with Gasteiger partial charge < -0.3 is 4.42 Å². The van der Waals surface area contributed by atoms with Gasteiger partial charge in [-0.25, -0.2) is 4.98 Å². The lowest BCUT2D eigenvalue weighted by atomic mass is 10.1. The molecule has 2 nitrogen and oxygen atoms in total. The van der Waals surface area contributed by atoms with Crippen LogP contribution in [0.5, 0.6) is 0 Å². The van der Waals surface area contributed by atoms with Crippen LogP contribution in [-0.2, 0) is 6.42 Å². The van der Waals surface area contributed by atoms with E-state index in [4.69, 9.17) is 4.42 Å². The average molecular weight is 261 g/mol. The molecule has 1 aromatic heterocycles. The van der Waals surface area contributed by atoms with Crippen LogP contribution in [0.3, 0.4) is 0 Å². The van der Waals surface area contributed by atoms with Crippen LogP contribution in [0.25, 0.3) is 11.5 Å². The molecule has 0 aliphatic rings. The van der Waals surface area contributed by atoms with Crippen molar-refractivity contribution in [2.24, 2.45) is 0 Å². The van der Waals surface area contributed by atoms with Crippen molar-refractivity contribution in [2.45, 2.75) is 54.9 Å². The molecule has 0 spiro atoms. The number of hydrogen-bond donors (Lipinski definition) is 0. The third kappa shape index (κ3) is 4.90. The van der Waals surface area contributed by atoms with Gasteiger partial charge in [0.15, 0.2) is 0 Å². The normalized spacial score (nSPS) is 9.00. The Hall–Kier alpha value is -1.57. The lowest BCUT2D eigenvalue weighted by molar-refractivity contribution is 0.539. The van der Waals surface area contributed by atoms with E-state index in [9.17, 15) is 0 Å². The summed E-state index contributed by atoms with van der Waals surface area (Å²) in [5.41, 5.74) is 3.34. The molecule has 0 N–H and O–H groups in total. The Morgan fingerprint density at radius 1 is 0.947 bits per heavy atom. The van der Waals surface area contributed by atoms with Crippen LogP contribution < -0.4 is 0 Å². The van der Waals surface area contributed by atoms with Gasteiger partial charge in [-0.3, -0.25) is 0 Å². The number of hydrogen-bond acceptors (Lipinski definition) is 2. The van der Waals surface area contributed by atoms with Crippen molar-refractivity contribution in [3.05, 3.63) is 41.3 Å². The van der Waals surface area contributed by atoms with E-state index < -0.39 is 0 Å². The van der Waals surface area contributed by atoms with Gasteiger partial charge in [-0.05, 0) is 32.4 Å². The third-order valence-electron chi connectivity index (χ3n) is 2.53. The summed E-state index contributed by atoms with van der Waals surface area (Å²) in [7, 11) is 0. The molecule has 0 saturated carbocycles. The van der Waals surface area contributed by atoms with Gasteiger partial charge in [0.1, 0.15) is 5.76 Å². The first kappa shape index (κ1) is 17.4. The minimum Gasteiger partial charge on any atom is -0.441 e. The Bertz CT molecular complexity index is 455. The Kier molecular flexibility index (Phi) is 8.60. The maximum absolute atomic E-state index is 5.62. The zero-order chi connectivity index (χ0) is 14.8. The van der Waals surface area contributed by atoms with Crippen molar-refractivity contribution >= 4 is 0 Å². The monoisotopic (exact) mass is 261 g/mol. The first-order valence-electron chi connectivity index (χ1n) is 7.24. The molecule has 0 amide bonds. The van der Waals surface area contributed by atoms with Crippen LogP contribution in [-0.4, -0.2) is 4.98 Å². The van der Waals surface area contributed by atoms with E-state index in [0.717, 1.165) is 29.3 Å². The Morgan fingerprint density at radius 3 is 1.89 bits per heavy atom. The Balaban J connectivity index is 0.000000741. The van der Waals surface area contributed by atoms with E-state index in [-0.39, 0.29) is 0 Å². The number of aryl methyl sites for hydroxylation is 3. The molecular weight excluding hydrogens is 234 g/mol. The molecule has 19 heavy (non-hydrogen) atoms. The minimum atomic E-state index is 0.726. The maximum atomic E-state index is 5.62. The molecule has 0 radical (unpaired) electrons. The van der Waals surface area contributed by atoms with Crippen molar-refractivity contribution in [3.63, 3.8) is 0 Å². The van der Waals surface area contributed by atoms with Gasteiger partial charge in [0.2, 0.25) is 5.89 Å². The highest BCUT2D eigenvalue weighted by atomic mass is 16.4. The summed E-state index contributed by atoms with van der Waals surface area (Å²) in [5, 5.41) is 0. The number of rotatable bonds is 2. The van der Waals surface area contributed by atoms with Crippen molar-refractivity contribution in [3.8, 4) is 11.5 Å². The molecule has 0 aliphatic heterocycles. The van der Waals surface area contributed by atoms with Gasteiger partial charge in [-0.2, -0.15) is 0 Å². The molecule has 0 saturated heterocycles. The highest BCUT2D eigenvalue weighted by molar-refractivity contribution is 5.54. The Morgan fingerprint density at radius 2 is 1.47 bits per heavy atom. The summed E-state index contributed by atoms with van der Waals surface area (Å²) in [5.74, 6) is 1.65. The highest BCUT2D eigenvalue weighted by Crippen LogP contribution is 2.22. The lowest BCUT2D eigenvalue weighted by Gasteiger charge is -1.95. The summed E-state index contributed by atoms with van der Waals surface area (Å²) in [6.07, 6.45) is 0.918. The molecule has 106 valence electrons. The lowest BCUT2D eigenvalue weighted by Crippen LogP contribution is -1.82. The molecule has 0 unspecified atom stereocenters. The predicted octanol–water partition coefficient (Wildman–Crippen LogP) is 5.57. The molecule has 2 rings (SSSR count). The van der Waals surface area contributed by atoms with E-state index in [0.29, 0.717) is 0 Å². The SMILES string of the molecule is CC.CC.CCc1nc(-c2ccc(C)cc2)oc1C. The second-order valence-corrected chi connectivity index (χ2v) is 3.74. The second kappa shape index (κ2) is 9.37. The van der Waals surface area contributed by atoms with Crippen molar-refractivity contribution in [1.29, 1.82) is 0 Å². The van der Waals surface area contributed by atoms with E-state index in [1.807, 2.05) is 46.8 Å². The van der Waals surface area contributed by atoms with E-state index in [2.05, 4.69) is 31.0 Å². The van der Waals surface area contributed by atoms with E-state index in [1.165, 1.54) is 5.56 Å². The molecule has 1 aromatic carbocycles. The molecule has 0 aliphatic carbocycles. The topological polar surface area (TPSA) is 26.0 Å². The number of benzene rings is 1. The molecular formula is C17H27NO. The molecule has 0 atom stereocenters. The summed E-state index contributed by atoms with van der Waals surface area (Å²) < 4.78 is 5.62. The van der Waals surface area contributed by atoms with Crippen LogP contribution in [0.2, 0.25) is 0 Å². The zero-order valence-corrected chi connectivity index (χ0v) is 13.4. The molecule has 0 fully saturated rings. The summed E-state index contributed by atoms with van der Waals surface area (Å²) in [6.45, 7) is 14.1. The van der Waals surface area contributed by atoms with Crippen LogP contribution in [0.1, 0.15) is 51.6 Å². The first-order chi connectivity index (χ1) is 9.20. The highest BCUT2D eigenvalue weighted by Gasteiger charge is 2.08. The van der Waals surface area contributed by atoms with Crippen LogP contribution in [0.15, 0.2) is 28.7 Å². The minimum absolute atomic E-state index is 0.726. The summed E-state index contributed by atoms with van der Waals surface area (Å²) >= 11 is 0. The van der Waals surface area contributed by atoms with Gasteiger partial charge in [0, 0.05) is 5.56 Å². The zero-order valence-electron chi connectivity index (χ0n) is 13.4. The van der Waals surface area contributed by atoms with E-state index >= 15 is 0 Å². The van der Waals surface area contributed by atoms with Gasteiger partial charge in [-0.1, -0.05) is 52.3 Å². The van der Waals surface area contributed by atoms with Crippen molar-refractivity contribution < 1.29 is 4.42 Å². The van der Waals surface area contributed by atoms with Gasteiger partial charge in [-0.15, -0.1) is 0 Å². The van der Waals surface area contributed by atoms with Gasteiger partial charge in [0.05, 0.1) is 5.69 Å². The van der Waals surface area contributed by atoms with Crippen LogP contribution in [0.4, 0.5) is 0 Å². The molecule has 1 heterocycles. The fourth-order valence-corrected chi connectivity index (χ4v) is 1.58. The third-order valence-corrected chi connectivity index (χ3v) is 2.53. The van der Waals surface area contributed by atoms with Gasteiger partial charge >= 0.3 is 0 Å². The summed E-state index contributed by atoms with van der Waals surface area (Å²) in [4.78, 5) is 4.46. The standard InChI is InChI=1S/C13H15NO.2C2H6/c1-4-12-10(3)15-13(14-12)11-7-5-9(2)6-8-11;2*1-2/h5-8H,4H2,1-3H3;2*1-2H3. The average Bonchev–Trinajstić information content (AvgIpc) is 2.85. The fourth-order valence-electron chi connectivity index (χ4n) is 1.58. The predicted molar refractivity (Wildman–Crippen MR) is 83.5 cm³/mol. The smallest absolute Gasteiger partial charge is 0.226 e. The summed E-state index contributed by atoms with van der Waals surface area (Å²) in [6, 6.07) is 8.22. The molecule has 0 bridgehead atoms. The van der Waals surface area contributed by atoms with Crippen molar-refractivity contribution in [2.75, 3.05) is 0 Å². The largest absolute Gasteiger partial charge is 0.441 e. The first-order valence-corrected chi connectivity index (χ1v) is 7.24. The maximum Gasteiger partial charge on any atom is 0.226 e. The van der Waals surface area contributed by atoms with Gasteiger partial charge in [0.25, 0.3) is 0 Å². The van der Waals surface area contributed by atoms with Crippen LogP contribution >= 0.6 is 0 Å². The second-order valence-electron chi connectivity index (χ2n) is 3.74. The molecule has 2 heteroatoms. The quantitative estimate of drug-likeness (QED) is 0.706. The number of aromatic nitrogens is 1. The fraction of sp³-hybridized carbons (Fsp3) is 0.471. The Labute approximate surface area is 117 Å². The molecule has 2 aromatic rings. The van der Waals surface area contributed by atoms with Crippen molar-refractivity contribution in [1.82, 2.24) is 4.98 Å². The number of nitrogens with zero attached hydrogens (tertiary/aromatic N) is 1.